The van der Waals surface area contributed by atoms with Crippen LogP contribution in [0.3, 0.4) is 0 Å². The molecule has 0 aromatic heterocycles. The van der Waals surface area contributed by atoms with Gasteiger partial charge in [-0.1, -0.05) is 17.7 Å². The average molecular weight is 252 g/mol. The minimum Gasteiger partial charge on any atom is -0.404 e. The molecule has 88 valence electrons. The van der Waals surface area contributed by atoms with Crippen molar-refractivity contribution in [1.82, 2.24) is 5.32 Å². The van der Waals surface area contributed by atoms with Gasteiger partial charge in [-0.25, -0.2) is 0 Å². The largest absolute Gasteiger partial charge is 0.573 e. The van der Waals surface area contributed by atoms with Crippen LogP contribution in [0.4, 0.5) is 13.2 Å². The second-order valence-electron chi connectivity index (χ2n) is 3.53. The summed E-state index contributed by atoms with van der Waals surface area (Å²) in [5.41, 5.74) is 0.880. The van der Waals surface area contributed by atoms with E-state index in [0.717, 1.165) is 18.5 Å². The highest BCUT2D eigenvalue weighted by molar-refractivity contribution is 6.32. The van der Waals surface area contributed by atoms with Crippen molar-refractivity contribution in [3.8, 4) is 5.75 Å². The van der Waals surface area contributed by atoms with Gasteiger partial charge in [-0.15, -0.1) is 13.2 Å². The van der Waals surface area contributed by atoms with Crippen molar-refractivity contribution >= 4 is 11.6 Å². The fourth-order valence-corrected chi connectivity index (χ4v) is 1.74. The highest BCUT2D eigenvalue weighted by Gasteiger charge is 2.32. The van der Waals surface area contributed by atoms with E-state index >= 15 is 0 Å². The maximum atomic E-state index is 12.0. The third-order valence-electron chi connectivity index (χ3n) is 2.41. The molecule has 1 aliphatic rings. The van der Waals surface area contributed by atoms with Gasteiger partial charge in [0, 0.05) is 6.04 Å². The van der Waals surface area contributed by atoms with Crippen molar-refractivity contribution < 1.29 is 17.9 Å². The molecule has 1 aromatic rings. The van der Waals surface area contributed by atoms with Gasteiger partial charge in [0.25, 0.3) is 0 Å². The molecule has 1 aromatic carbocycles. The van der Waals surface area contributed by atoms with Crippen molar-refractivity contribution in [3.05, 3.63) is 28.8 Å². The molecule has 1 saturated heterocycles. The molecule has 0 aliphatic carbocycles. The Kier molecular flexibility index (Phi) is 2.99. The van der Waals surface area contributed by atoms with Crippen molar-refractivity contribution in [2.75, 3.05) is 6.54 Å². The topological polar surface area (TPSA) is 21.3 Å². The zero-order valence-electron chi connectivity index (χ0n) is 8.14. The maximum Gasteiger partial charge on any atom is 0.573 e. The van der Waals surface area contributed by atoms with Gasteiger partial charge in [0.15, 0.2) is 0 Å². The van der Waals surface area contributed by atoms with Crippen LogP contribution in [-0.4, -0.2) is 12.9 Å². The zero-order chi connectivity index (χ0) is 11.8. The van der Waals surface area contributed by atoms with E-state index in [4.69, 9.17) is 11.6 Å². The lowest BCUT2D eigenvalue weighted by Crippen LogP contribution is -2.34. The SMILES string of the molecule is FC(F)(F)Oc1ccc([C@@H]2CCN2)cc1Cl. The summed E-state index contributed by atoms with van der Waals surface area (Å²) < 4.78 is 39.7. The summed E-state index contributed by atoms with van der Waals surface area (Å²) in [4.78, 5) is 0. The number of alkyl halides is 3. The molecular weight excluding hydrogens is 243 g/mol. The molecule has 0 radical (unpaired) electrons. The van der Waals surface area contributed by atoms with Crippen LogP contribution in [-0.2, 0) is 0 Å². The van der Waals surface area contributed by atoms with Crippen molar-refractivity contribution in [1.29, 1.82) is 0 Å². The second kappa shape index (κ2) is 4.14. The third kappa shape index (κ3) is 2.59. The van der Waals surface area contributed by atoms with Gasteiger partial charge in [0.2, 0.25) is 0 Å². The van der Waals surface area contributed by atoms with Crippen LogP contribution in [0, 0.1) is 0 Å². The molecule has 2 rings (SSSR count). The monoisotopic (exact) mass is 251 g/mol. The summed E-state index contributed by atoms with van der Waals surface area (Å²) in [5.74, 6) is -0.364. The normalized spacial score (nSPS) is 20.4. The van der Waals surface area contributed by atoms with Gasteiger partial charge < -0.3 is 10.1 Å². The Hall–Kier alpha value is -0.940. The third-order valence-corrected chi connectivity index (χ3v) is 2.70. The van der Waals surface area contributed by atoms with Gasteiger partial charge in [-0.3, -0.25) is 0 Å². The standard InChI is InChI=1S/C10H9ClF3NO/c11-7-5-6(8-3-4-15-8)1-2-9(7)16-10(12,13)14/h1-2,5,8,15H,3-4H2/t8-/m0/s1. The number of rotatable bonds is 2. The Morgan fingerprint density at radius 3 is 2.50 bits per heavy atom. The molecule has 0 spiro atoms. The minimum absolute atomic E-state index is 0.0245. The average Bonchev–Trinajstić information content (AvgIpc) is 2.04. The van der Waals surface area contributed by atoms with E-state index < -0.39 is 6.36 Å². The highest BCUT2D eigenvalue weighted by atomic mass is 35.5. The molecular formula is C10H9ClF3NO. The highest BCUT2D eigenvalue weighted by Crippen LogP contribution is 2.33. The van der Waals surface area contributed by atoms with Gasteiger partial charge in [-0.05, 0) is 30.7 Å². The molecule has 16 heavy (non-hydrogen) atoms. The van der Waals surface area contributed by atoms with E-state index in [1.54, 1.807) is 6.07 Å². The van der Waals surface area contributed by atoms with E-state index in [-0.39, 0.29) is 16.8 Å². The molecule has 1 atom stereocenters. The number of ether oxygens (including phenoxy) is 1. The van der Waals surface area contributed by atoms with E-state index in [2.05, 4.69) is 10.1 Å². The molecule has 6 heteroatoms. The molecule has 1 aliphatic heterocycles. The Bertz CT molecular complexity index is 390. The summed E-state index contributed by atoms with van der Waals surface area (Å²) in [7, 11) is 0. The molecule has 0 unspecified atom stereocenters. The first-order chi connectivity index (χ1) is 7.46. The lowest BCUT2D eigenvalue weighted by Gasteiger charge is -2.28. The number of halogens is 4. The summed E-state index contributed by atoms with van der Waals surface area (Å²) in [5, 5.41) is 3.11. The van der Waals surface area contributed by atoms with E-state index in [9.17, 15) is 13.2 Å². The van der Waals surface area contributed by atoms with E-state index in [1.807, 2.05) is 0 Å². The Morgan fingerprint density at radius 2 is 2.06 bits per heavy atom. The molecule has 0 saturated carbocycles. The maximum absolute atomic E-state index is 12.0. The predicted octanol–water partition coefficient (Wildman–Crippen LogP) is 3.27. The van der Waals surface area contributed by atoms with Crippen molar-refractivity contribution in [2.24, 2.45) is 0 Å². The minimum atomic E-state index is -4.71. The van der Waals surface area contributed by atoms with Crippen LogP contribution in [0.15, 0.2) is 18.2 Å². The Morgan fingerprint density at radius 1 is 1.38 bits per heavy atom. The van der Waals surface area contributed by atoms with Crippen LogP contribution >= 0.6 is 11.6 Å². The quantitative estimate of drug-likeness (QED) is 0.871. The van der Waals surface area contributed by atoms with Gasteiger partial charge in [0.05, 0.1) is 5.02 Å². The fourth-order valence-electron chi connectivity index (χ4n) is 1.51. The summed E-state index contributed by atoms with van der Waals surface area (Å²) in [6.45, 7) is 0.920. The van der Waals surface area contributed by atoms with Crippen LogP contribution in [0.2, 0.25) is 5.02 Å². The first-order valence-electron chi connectivity index (χ1n) is 4.74. The number of hydrogen-bond donors (Lipinski definition) is 1. The Balaban J connectivity index is 2.16. The van der Waals surface area contributed by atoms with E-state index in [1.165, 1.54) is 12.1 Å². The second-order valence-corrected chi connectivity index (χ2v) is 3.94. The van der Waals surface area contributed by atoms with Crippen LogP contribution in [0.5, 0.6) is 5.75 Å². The molecule has 0 amide bonds. The van der Waals surface area contributed by atoms with Crippen LogP contribution in [0.25, 0.3) is 0 Å². The summed E-state index contributed by atoms with van der Waals surface area (Å²) in [6.07, 6.45) is -3.74. The Labute approximate surface area is 95.3 Å². The summed E-state index contributed by atoms with van der Waals surface area (Å²) in [6, 6.07) is 4.52. The van der Waals surface area contributed by atoms with Crippen molar-refractivity contribution in [2.45, 2.75) is 18.8 Å². The molecule has 1 N–H and O–H groups in total. The van der Waals surface area contributed by atoms with E-state index in [0.29, 0.717) is 0 Å². The molecule has 1 heterocycles. The first-order valence-corrected chi connectivity index (χ1v) is 5.12. The smallest absolute Gasteiger partial charge is 0.404 e. The van der Waals surface area contributed by atoms with Gasteiger partial charge in [0.1, 0.15) is 5.75 Å². The zero-order valence-corrected chi connectivity index (χ0v) is 8.90. The predicted molar refractivity (Wildman–Crippen MR) is 53.5 cm³/mol. The lowest BCUT2D eigenvalue weighted by atomic mass is 9.98. The van der Waals surface area contributed by atoms with Crippen LogP contribution in [0.1, 0.15) is 18.0 Å². The van der Waals surface area contributed by atoms with Crippen LogP contribution < -0.4 is 10.1 Å². The number of hydrogen-bond acceptors (Lipinski definition) is 2. The molecule has 2 nitrogen and oxygen atoms in total. The fraction of sp³-hybridized carbons (Fsp3) is 0.400. The van der Waals surface area contributed by atoms with Gasteiger partial charge in [-0.2, -0.15) is 0 Å². The first kappa shape index (κ1) is 11.5. The van der Waals surface area contributed by atoms with Crippen molar-refractivity contribution in [3.63, 3.8) is 0 Å². The van der Waals surface area contributed by atoms with Gasteiger partial charge >= 0.3 is 6.36 Å². The molecule has 1 fully saturated rings. The number of nitrogens with one attached hydrogen (secondary N) is 1. The molecule has 0 bridgehead atoms. The summed E-state index contributed by atoms with van der Waals surface area (Å²) >= 11 is 5.71. The lowest BCUT2D eigenvalue weighted by molar-refractivity contribution is -0.274. The number of benzene rings is 1.